The van der Waals surface area contributed by atoms with Gasteiger partial charge in [0.05, 0.1) is 17.7 Å². The van der Waals surface area contributed by atoms with Crippen molar-refractivity contribution >= 4 is 33.4 Å². The zero-order chi connectivity index (χ0) is 26.1. The highest BCUT2D eigenvalue weighted by Gasteiger charge is 2.43. The Morgan fingerprint density at radius 2 is 1.81 bits per heavy atom. The van der Waals surface area contributed by atoms with Gasteiger partial charge in [0.1, 0.15) is 11.4 Å². The molecule has 1 saturated heterocycles. The van der Waals surface area contributed by atoms with Crippen LogP contribution in [-0.2, 0) is 25.1 Å². The van der Waals surface area contributed by atoms with Gasteiger partial charge in [-0.2, -0.15) is 0 Å². The predicted octanol–water partition coefficient (Wildman–Crippen LogP) is 4.69. The molecule has 1 fully saturated rings. The minimum atomic E-state index is -3.62. The lowest BCUT2D eigenvalue weighted by Crippen LogP contribution is -2.46. The number of carbonyl (C=O) groups excluding carboxylic acids is 1. The summed E-state index contributed by atoms with van der Waals surface area (Å²) in [4.78, 5) is 20.4. The van der Waals surface area contributed by atoms with Gasteiger partial charge in [-0.1, -0.05) is 50.2 Å². The molecule has 0 aromatic heterocycles. The molecular weight excluding hydrogens is 481 g/mol. The minimum Gasteiger partial charge on any atom is -0.388 e. The molecule has 2 aliphatic heterocycles. The molecule has 1 spiro atoms. The SMILES string of the molecule is CC(C)(C)c1ccc(/C=C/C(=O)N2CCC3(CC2)CC(c2ccc(F)c(NS(C)(=O)=O)c2)=NO3)cc1. The maximum Gasteiger partial charge on any atom is 0.246 e. The van der Waals surface area contributed by atoms with E-state index in [1.165, 1.54) is 17.7 Å². The number of hydrogen-bond donors (Lipinski definition) is 1. The number of hydrogen-bond acceptors (Lipinski definition) is 5. The zero-order valence-corrected chi connectivity index (χ0v) is 21.9. The van der Waals surface area contributed by atoms with Crippen molar-refractivity contribution < 1.29 is 22.4 Å². The molecule has 7 nitrogen and oxygen atoms in total. The van der Waals surface area contributed by atoms with E-state index in [0.29, 0.717) is 43.6 Å². The largest absolute Gasteiger partial charge is 0.388 e. The van der Waals surface area contributed by atoms with E-state index in [9.17, 15) is 17.6 Å². The van der Waals surface area contributed by atoms with E-state index in [1.54, 1.807) is 17.0 Å². The summed E-state index contributed by atoms with van der Waals surface area (Å²) in [5.74, 6) is -0.706. The molecule has 2 aromatic rings. The highest BCUT2D eigenvalue weighted by Crippen LogP contribution is 2.36. The van der Waals surface area contributed by atoms with E-state index < -0.39 is 21.4 Å². The molecule has 0 bridgehead atoms. The third-order valence-corrected chi connectivity index (χ3v) is 7.21. The first kappa shape index (κ1) is 25.9. The monoisotopic (exact) mass is 513 g/mol. The Morgan fingerprint density at radius 3 is 2.42 bits per heavy atom. The van der Waals surface area contributed by atoms with E-state index in [4.69, 9.17) is 4.84 Å². The van der Waals surface area contributed by atoms with Crippen LogP contribution in [0.4, 0.5) is 10.1 Å². The van der Waals surface area contributed by atoms with Crippen molar-refractivity contribution in [2.24, 2.45) is 5.16 Å². The molecule has 2 heterocycles. The quantitative estimate of drug-likeness (QED) is 0.588. The molecule has 1 N–H and O–H groups in total. The van der Waals surface area contributed by atoms with Crippen molar-refractivity contribution in [3.05, 3.63) is 71.0 Å². The third-order valence-electron chi connectivity index (χ3n) is 6.62. The molecule has 1 amide bonds. The lowest BCUT2D eigenvalue weighted by atomic mass is 9.85. The highest BCUT2D eigenvalue weighted by atomic mass is 32.2. The highest BCUT2D eigenvalue weighted by molar-refractivity contribution is 7.92. The summed E-state index contributed by atoms with van der Waals surface area (Å²) < 4.78 is 39.3. The van der Waals surface area contributed by atoms with Gasteiger partial charge in [0.25, 0.3) is 0 Å². The molecule has 0 radical (unpaired) electrons. The van der Waals surface area contributed by atoms with E-state index in [1.807, 2.05) is 18.2 Å². The summed E-state index contributed by atoms with van der Waals surface area (Å²) in [6.07, 6.45) is 6.16. The molecule has 4 rings (SSSR count). The number of anilines is 1. The third kappa shape index (κ3) is 6.13. The van der Waals surface area contributed by atoms with Crippen molar-refractivity contribution in [3.8, 4) is 0 Å². The van der Waals surface area contributed by atoms with Crippen molar-refractivity contribution in [2.75, 3.05) is 24.1 Å². The van der Waals surface area contributed by atoms with Gasteiger partial charge in [0, 0.05) is 44.0 Å². The van der Waals surface area contributed by atoms with Gasteiger partial charge in [-0.05, 0) is 40.8 Å². The molecule has 0 saturated carbocycles. The van der Waals surface area contributed by atoms with Crippen LogP contribution in [0, 0.1) is 5.82 Å². The number of benzene rings is 2. The number of carbonyl (C=O) groups is 1. The maximum absolute atomic E-state index is 14.0. The van der Waals surface area contributed by atoms with Crippen LogP contribution in [0.2, 0.25) is 0 Å². The Labute approximate surface area is 212 Å². The molecule has 0 atom stereocenters. The first-order valence-electron chi connectivity index (χ1n) is 11.9. The molecule has 192 valence electrons. The Hall–Kier alpha value is -3.20. The summed E-state index contributed by atoms with van der Waals surface area (Å²) in [5.41, 5.74) is 2.89. The van der Waals surface area contributed by atoms with E-state index in [-0.39, 0.29) is 17.0 Å². The molecule has 9 heteroatoms. The number of nitrogens with zero attached hydrogens (tertiary/aromatic N) is 2. The summed E-state index contributed by atoms with van der Waals surface area (Å²) in [7, 11) is -3.62. The average Bonchev–Trinajstić information content (AvgIpc) is 3.21. The molecule has 2 aliphatic rings. The summed E-state index contributed by atoms with van der Waals surface area (Å²) in [6, 6.07) is 12.4. The number of rotatable bonds is 5. The predicted molar refractivity (Wildman–Crippen MR) is 140 cm³/mol. The van der Waals surface area contributed by atoms with Crippen molar-refractivity contribution in [3.63, 3.8) is 0 Å². The fraction of sp³-hybridized carbons (Fsp3) is 0.407. The van der Waals surface area contributed by atoms with Gasteiger partial charge >= 0.3 is 0 Å². The number of nitrogens with one attached hydrogen (secondary N) is 1. The second kappa shape index (κ2) is 9.69. The fourth-order valence-corrected chi connectivity index (χ4v) is 4.98. The standard InChI is InChI=1S/C27H32FN3O4S/c1-26(2,3)21-9-5-19(6-10-21)7-12-25(32)31-15-13-27(14-16-31)18-24(29-35-27)20-8-11-22(28)23(17-20)30-36(4,33)34/h5-12,17,30H,13-16,18H2,1-4H3/b12-7+. The van der Waals surface area contributed by atoms with Gasteiger partial charge in [-0.3, -0.25) is 9.52 Å². The molecule has 0 aliphatic carbocycles. The second-order valence-electron chi connectivity index (χ2n) is 10.6. The van der Waals surface area contributed by atoms with Crippen LogP contribution in [-0.4, -0.2) is 49.9 Å². The normalized spacial score (nSPS) is 17.8. The van der Waals surface area contributed by atoms with Crippen LogP contribution in [0.5, 0.6) is 0 Å². The molecule has 36 heavy (non-hydrogen) atoms. The van der Waals surface area contributed by atoms with Crippen LogP contribution in [0.3, 0.4) is 0 Å². The molecule has 2 aromatic carbocycles. The van der Waals surface area contributed by atoms with Crippen LogP contribution in [0.25, 0.3) is 6.08 Å². The Bertz CT molecular complexity index is 1300. The smallest absolute Gasteiger partial charge is 0.246 e. The van der Waals surface area contributed by atoms with E-state index >= 15 is 0 Å². The first-order valence-corrected chi connectivity index (χ1v) is 13.8. The fourth-order valence-electron chi connectivity index (χ4n) is 4.43. The summed E-state index contributed by atoms with van der Waals surface area (Å²) in [6.45, 7) is 7.58. The van der Waals surface area contributed by atoms with Gasteiger partial charge in [0.15, 0.2) is 0 Å². The minimum absolute atomic E-state index is 0.0427. The average molecular weight is 514 g/mol. The number of oxime groups is 1. The van der Waals surface area contributed by atoms with Crippen LogP contribution in [0.15, 0.2) is 53.7 Å². The maximum atomic E-state index is 14.0. The van der Waals surface area contributed by atoms with Crippen molar-refractivity contribution in [1.29, 1.82) is 0 Å². The number of amides is 1. The Kier molecular flexibility index (Phi) is 6.96. The van der Waals surface area contributed by atoms with Crippen LogP contribution in [0.1, 0.15) is 56.7 Å². The van der Waals surface area contributed by atoms with Crippen LogP contribution >= 0.6 is 0 Å². The van der Waals surface area contributed by atoms with E-state index in [2.05, 4.69) is 42.8 Å². The van der Waals surface area contributed by atoms with Gasteiger partial charge in [0.2, 0.25) is 15.9 Å². The zero-order valence-electron chi connectivity index (χ0n) is 21.0. The number of halogens is 1. The van der Waals surface area contributed by atoms with Gasteiger partial charge in [-0.25, -0.2) is 12.8 Å². The second-order valence-corrected chi connectivity index (χ2v) is 12.3. The van der Waals surface area contributed by atoms with Gasteiger partial charge < -0.3 is 9.74 Å². The molecule has 0 unspecified atom stereocenters. The van der Waals surface area contributed by atoms with Crippen molar-refractivity contribution in [2.45, 2.75) is 51.0 Å². The lowest BCUT2D eigenvalue weighted by Gasteiger charge is -2.36. The molecular formula is C27H32FN3O4S. The van der Waals surface area contributed by atoms with E-state index in [0.717, 1.165) is 11.8 Å². The van der Waals surface area contributed by atoms with Crippen LogP contribution < -0.4 is 4.72 Å². The first-order chi connectivity index (χ1) is 16.8. The summed E-state index contributed by atoms with van der Waals surface area (Å²) in [5, 5.41) is 4.22. The Morgan fingerprint density at radius 1 is 1.14 bits per heavy atom. The number of sulfonamides is 1. The number of piperidine rings is 1. The van der Waals surface area contributed by atoms with Gasteiger partial charge in [-0.15, -0.1) is 0 Å². The lowest BCUT2D eigenvalue weighted by molar-refractivity contribution is -0.131. The number of likely N-dealkylation sites (tertiary alicyclic amines) is 1. The Balaban J connectivity index is 1.34. The topological polar surface area (TPSA) is 88.1 Å². The van der Waals surface area contributed by atoms with Crippen molar-refractivity contribution in [1.82, 2.24) is 4.90 Å². The summed E-state index contributed by atoms with van der Waals surface area (Å²) >= 11 is 0.